The largest absolute Gasteiger partial charge is 0.455 e. The highest BCUT2D eigenvalue weighted by molar-refractivity contribution is 9.10. The molecule has 0 fully saturated rings. The molecule has 25 heavy (non-hydrogen) atoms. The second kappa shape index (κ2) is 5.62. The van der Waals surface area contributed by atoms with Crippen molar-refractivity contribution in [2.75, 3.05) is 0 Å². The molecular weight excluding hydrogens is 396 g/mol. The van der Waals surface area contributed by atoms with Crippen LogP contribution in [0.5, 0.6) is 0 Å². The molecule has 0 amide bonds. The summed E-state index contributed by atoms with van der Waals surface area (Å²) in [5, 5.41) is 4.99. The van der Waals surface area contributed by atoms with E-state index in [0.29, 0.717) is 5.02 Å². The molecule has 5 aromatic rings. The van der Waals surface area contributed by atoms with Crippen LogP contribution in [-0.4, -0.2) is 0 Å². The molecular formula is C22H12BrClO. The van der Waals surface area contributed by atoms with Crippen molar-refractivity contribution in [3.63, 3.8) is 0 Å². The van der Waals surface area contributed by atoms with Gasteiger partial charge in [0.05, 0.1) is 5.02 Å². The molecule has 1 heterocycles. The number of furan rings is 1. The minimum Gasteiger partial charge on any atom is -0.455 e. The Morgan fingerprint density at radius 3 is 2.36 bits per heavy atom. The minimum absolute atomic E-state index is 0.708. The molecule has 1 nitrogen and oxygen atoms in total. The Balaban J connectivity index is 1.98. The quantitative estimate of drug-likeness (QED) is 0.276. The van der Waals surface area contributed by atoms with Crippen molar-refractivity contribution in [1.29, 1.82) is 0 Å². The molecule has 0 unspecified atom stereocenters. The summed E-state index contributed by atoms with van der Waals surface area (Å²) in [6.07, 6.45) is 0. The van der Waals surface area contributed by atoms with Crippen molar-refractivity contribution in [2.45, 2.75) is 0 Å². The van der Waals surface area contributed by atoms with Crippen molar-refractivity contribution < 1.29 is 4.42 Å². The first-order valence-electron chi connectivity index (χ1n) is 8.01. The van der Waals surface area contributed by atoms with E-state index in [9.17, 15) is 0 Å². The molecule has 0 atom stereocenters. The molecule has 4 aromatic carbocycles. The van der Waals surface area contributed by atoms with Gasteiger partial charge in [0, 0.05) is 26.2 Å². The van der Waals surface area contributed by atoms with Crippen LogP contribution in [0, 0.1) is 0 Å². The Morgan fingerprint density at radius 2 is 1.48 bits per heavy atom. The standard InChI is InChI=1S/C22H12BrClO/c23-18-8-4-3-7-15(18)16-11-12-19(24)20-17-10-9-13-5-1-2-6-14(13)21(17)25-22(16)20/h1-12H. The lowest BCUT2D eigenvalue weighted by Crippen LogP contribution is -1.81. The lowest BCUT2D eigenvalue weighted by Gasteiger charge is -2.06. The van der Waals surface area contributed by atoms with Crippen molar-refractivity contribution in [2.24, 2.45) is 0 Å². The summed E-state index contributed by atoms with van der Waals surface area (Å²) in [6.45, 7) is 0. The molecule has 0 spiro atoms. The number of hydrogen-bond acceptors (Lipinski definition) is 1. The SMILES string of the molecule is Clc1ccc(-c2ccccc2Br)c2oc3c4ccccc4ccc3c12. The highest BCUT2D eigenvalue weighted by Gasteiger charge is 2.17. The molecule has 0 saturated heterocycles. The van der Waals surface area contributed by atoms with Crippen LogP contribution in [0.1, 0.15) is 0 Å². The third kappa shape index (κ3) is 2.21. The summed E-state index contributed by atoms with van der Waals surface area (Å²) >= 11 is 10.2. The predicted molar refractivity (Wildman–Crippen MR) is 109 cm³/mol. The summed E-state index contributed by atoms with van der Waals surface area (Å²) in [6, 6.07) is 24.6. The van der Waals surface area contributed by atoms with Crippen molar-refractivity contribution in [3.05, 3.63) is 82.3 Å². The van der Waals surface area contributed by atoms with Crippen LogP contribution in [0.3, 0.4) is 0 Å². The second-order valence-corrected chi connectivity index (χ2v) is 7.31. The van der Waals surface area contributed by atoms with Crippen LogP contribution in [0.15, 0.2) is 81.7 Å². The third-order valence-corrected chi connectivity index (χ3v) is 5.63. The number of rotatable bonds is 1. The Labute approximate surface area is 157 Å². The maximum atomic E-state index is 6.56. The average Bonchev–Trinajstić information content (AvgIpc) is 3.04. The Morgan fingerprint density at radius 1 is 0.680 bits per heavy atom. The Bertz CT molecular complexity index is 1270. The summed E-state index contributed by atoms with van der Waals surface area (Å²) in [5.41, 5.74) is 3.83. The maximum absolute atomic E-state index is 6.56. The highest BCUT2D eigenvalue weighted by atomic mass is 79.9. The summed E-state index contributed by atoms with van der Waals surface area (Å²) in [7, 11) is 0. The summed E-state index contributed by atoms with van der Waals surface area (Å²) in [5.74, 6) is 0. The Hall–Kier alpha value is -2.29. The fraction of sp³-hybridized carbons (Fsp3) is 0. The first-order valence-corrected chi connectivity index (χ1v) is 9.18. The van der Waals surface area contributed by atoms with E-state index in [1.165, 1.54) is 0 Å². The zero-order valence-electron chi connectivity index (χ0n) is 13.1. The smallest absolute Gasteiger partial charge is 0.144 e. The zero-order chi connectivity index (χ0) is 17.0. The minimum atomic E-state index is 0.708. The third-order valence-electron chi connectivity index (χ3n) is 4.62. The van der Waals surface area contributed by atoms with Gasteiger partial charge in [0.2, 0.25) is 0 Å². The predicted octanol–water partition coefficient (Wildman–Crippen LogP) is 7.82. The van der Waals surface area contributed by atoms with Gasteiger partial charge >= 0.3 is 0 Å². The van der Waals surface area contributed by atoms with Gasteiger partial charge in [-0.3, -0.25) is 0 Å². The number of benzene rings is 4. The van der Waals surface area contributed by atoms with Crippen LogP contribution in [0.25, 0.3) is 43.8 Å². The van der Waals surface area contributed by atoms with Crippen LogP contribution in [-0.2, 0) is 0 Å². The highest BCUT2D eigenvalue weighted by Crippen LogP contribution is 2.43. The molecule has 0 bridgehead atoms. The molecule has 1 aromatic heterocycles. The number of hydrogen-bond donors (Lipinski definition) is 0. The molecule has 0 aliphatic carbocycles. The van der Waals surface area contributed by atoms with Gasteiger partial charge in [-0.2, -0.15) is 0 Å². The summed E-state index contributed by atoms with van der Waals surface area (Å²) < 4.78 is 7.41. The van der Waals surface area contributed by atoms with Gasteiger partial charge in [-0.25, -0.2) is 0 Å². The monoisotopic (exact) mass is 406 g/mol. The lowest BCUT2D eigenvalue weighted by atomic mass is 10.0. The summed E-state index contributed by atoms with van der Waals surface area (Å²) in [4.78, 5) is 0. The van der Waals surface area contributed by atoms with Crippen LogP contribution in [0.4, 0.5) is 0 Å². The van der Waals surface area contributed by atoms with Crippen LogP contribution in [0.2, 0.25) is 5.02 Å². The maximum Gasteiger partial charge on any atom is 0.144 e. The van der Waals surface area contributed by atoms with Gasteiger partial charge in [-0.1, -0.05) is 76.1 Å². The van der Waals surface area contributed by atoms with E-state index in [2.05, 4.69) is 46.3 Å². The number of halogens is 2. The van der Waals surface area contributed by atoms with E-state index in [1.54, 1.807) is 0 Å². The molecule has 0 aliphatic heterocycles. The van der Waals surface area contributed by atoms with Crippen molar-refractivity contribution in [3.8, 4) is 11.1 Å². The molecule has 5 rings (SSSR count). The van der Waals surface area contributed by atoms with Gasteiger partial charge in [0.25, 0.3) is 0 Å². The molecule has 0 aliphatic rings. The topological polar surface area (TPSA) is 13.1 Å². The van der Waals surface area contributed by atoms with Gasteiger partial charge < -0.3 is 4.42 Å². The van der Waals surface area contributed by atoms with Crippen LogP contribution < -0.4 is 0 Å². The normalized spacial score (nSPS) is 11.6. The van der Waals surface area contributed by atoms with Gasteiger partial charge in [0.15, 0.2) is 0 Å². The second-order valence-electron chi connectivity index (χ2n) is 6.04. The van der Waals surface area contributed by atoms with E-state index in [-0.39, 0.29) is 0 Å². The van der Waals surface area contributed by atoms with E-state index < -0.39 is 0 Å². The number of fused-ring (bicyclic) bond motifs is 5. The van der Waals surface area contributed by atoms with Crippen molar-refractivity contribution >= 4 is 60.2 Å². The van der Waals surface area contributed by atoms with Gasteiger partial charge in [-0.15, -0.1) is 0 Å². The average molecular weight is 408 g/mol. The Kier molecular flexibility index (Phi) is 3.37. The first-order chi connectivity index (χ1) is 12.2. The van der Waals surface area contributed by atoms with Crippen LogP contribution >= 0.6 is 27.5 Å². The molecule has 0 radical (unpaired) electrons. The van der Waals surface area contributed by atoms with Crippen molar-refractivity contribution in [1.82, 2.24) is 0 Å². The van der Waals surface area contributed by atoms with E-state index in [1.807, 2.05) is 42.5 Å². The van der Waals surface area contributed by atoms with Gasteiger partial charge in [0.1, 0.15) is 11.2 Å². The molecule has 0 saturated carbocycles. The zero-order valence-corrected chi connectivity index (χ0v) is 15.4. The van der Waals surface area contributed by atoms with E-state index in [4.69, 9.17) is 16.0 Å². The molecule has 120 valence electrons. The fourth-order valence-corrected chi connectivity index (χ4v) is 4.21. The van der Waals surface area contributed by atoms with E-state index >= 15 is 0 Å². The fourth-order valence-electron chi connectivity index (χ4n) is 3.46. The molecule has 3 heteroatoms. The first kappa shape index (κ1) is 15.0. The lowest BCUT2D eigenvalue weighted by molar-refractivity contribution is 0.674. The van der Waals surface area contributed by atoms with E-state index in [0.717, 1.165) is 48.3 Å². The van der Waals surface area contributed by atoms with Gasteiger partial charge in [-0.05, 0) is 35.2 Å². The molecule has 0 N–H and O–H groups in total.